The Bertz CT molecular complexity index is 732. The summed E-state index contributed by atoms with van der Waals surface area (Å²) in [6.45, 7) is 3.25. The molecule has 34 heavy (non-hydrogen) atoms. The summed E-state index contributed by atoms with van der Waals surface area (Å²) >= 11 is 0. The van der Waals surface area contributed by atoms with E-state index >= 15 is 0 Å². The average Bonchev–Trinajstić information content (AvgIpc) is 2.85. The highest BCUT2D eigenvalue weighted by Gasteiger charge is 2.07. The fourth-order valence-electron chi connectivity index (χ4n) is 4.65. The predicted molar refractivity (Wildman–Crippen MR) is 144 cm³/mol. The molecule has 0 fully saturated rings. The Kier molecular flexibility index (Phi) is 15.8. The highest BCUT2D eigenvalue weighted by atomic mass is 16.1. The van der Waals surface area contributed by atoms with Gasteiger partial charge in [-0.25, -0.2) is 4.57 Å². The third-order valence-corrected chi connectivity index (χ3v) is 6.64. The lowest BCUT2D eigenvalue weighted by atomic mass is 10.0. The van der Waals surface area contributed by atoms with Gasteiger partial charge in [-0.05, 0) is 31.7 Å². The number of benzene rings is 1. The number of amides is 1. The van der Waals surface area contributed by atoms with Crippen molar-refractivity contribution in [2.24, 2.45) is 0 Å². The zero-order valence-corrected chi connectivity index (χ0v) is 21.7. The van der Waals surface area contributed by atoms with Crippen molar-refractivity contribution in [2.45, 2.75) is 122 Å². The predicted octanol–water partition coefficient (Wildman–Crippen LogP) is 7.57. The monoisotopic (exact) mass is 465 g/mol. The number of aromatic nitrogens is 1. The van der Waals surface area contributed by atoms with E-state index in [1.54, 1.807) is 0 Å². The molecule has 1 heterocycles. The number of hydrogen-bond donors (Lipinski definition) is 1. The standard InChI is InChI=1S/C31H48N2O/c1-29(28-30-22-16-14-17-23-30)32-31(34)24-18-12-10-8-6-4-2-3-5-7-9-11-13-19-25-33-26-20-15-21-27-33/h14-17,20-23,26-27,29H,2-13,18-19,24-25,28H2,1H3/p+1. The van der Waals surface area contributed by atoms with Crippen LogP contribution in [0.5, 0.6) is 0 Å². The summed E-state index contributed by atoms with van der Waals surface area (Å²) < 4.78 is 2.28. The fraction of sp³-hybridized carbons (Fsp3) is 0.613. The van der Waals surface area contributed by atoms with E-state index in [9.17, 15) is 4.79 Å². The molecular formula is C31H49N2O+. The van der Waals surface area contributed by atoms with E-state index in [0.29, 0.717) is 6.42 Å². The third-order valence-electron chi connectivity index (χ3n) is 6.64. The molecule has 1 unspecified atom stereocenters. The number of nitrogens with zero attached hydrogens (tertiary/aromatic N) is 1. The van der Waals surface area contributed by atoms with Crippen molar-refractivity contribution in [1.82, 2.24) is 5.32 Å². The molecule has 188 valence electrons. The van der Waals surface area contributed by atoms with Crippen LogP contribution in [0.2, 0.25) is 0 Å². The number of hydrogen-bond acceptors (Lipinski definition) is 1. The summed E-state index contributed by atoms with van der Waals surface area (Å²) in [5.41, 5.74) is 1.28. The molecular weight excluding hydrogens is 416 g/mol. The number of nitrogens with one attached hydrogen (secondary N) is 1. The summed E-state index contributed by atoms with van der Waals surface area (Å²) in [6.07, 6.45) is 24.5. The molecule has 0 aliphatic carbocycles. The van der Waals surface area contributed by atoms with Crippen LogP contribution in [-0.4, -0.2) is 11.9 Å². The normalized spacial score (nSPS) is 11.9. The first-order chi connectivity index (χ1) is 16.7. The number of aryl methyl sites for hydroxylation is 1. The van der Waals surface area contributed by atoms with E-state index < -0.39 is 0 Å². The molecule has 1 N–H and O–H groups in total. The lowest BCUT2D eigenvalue weighted by molar-refractivity contribution is -0.697. The maximum absolute atomic E-state index is 12.1. The van der Waals surface area contributed by atoms with Crippen molar-refractivity contribution in [3.8, 4) is 0 Å². The van der Waals surface area contributed by atoms with Gasteiger partial charge in [0.25, 0.3) is 0 Å². The van der Waals surface area contributed by atoms with Gasteiger partial charge in [0.15, 0.2) is 12.4 Å². The Morgan fingerprint density at radius 1 is 0.676 bits per heavy atom. The minimum absolute atomic E-state index is 0.202. The Hall–Kier alpha value is -2.16. The summed E-state index contributed by atoms with van der Waals surface area (Å²) in [7, 11) is 0. The summed E-state index contributed by atoms with van der Waals surface area (Å²) in [5.74, 6) is 0.207. The Balaban J connectivity index is 1.28. The maximum atomic E-state index is 12.1. The number of pyridine rings is 1. The summed E-state index contributed by atoms with van der Waals surface area (Å²) in [4.78, 5) is 12.1. The Morgan fingerprint density at radius 2 is 1.15 bits per heavy atom. The van der Waals surface area contributed by atoms with Gasteiger partial charge in [-0.3, -0.25) is 4.79 Å². The van der Waals surface area contributed by atoms with Crippen molar-refractivity contribution >= 4 is 5.91 Å². The largest absolute Gasteiger partial charge is 0.353 e. The van der Waals surface area contributed by atoms with Gasteiger partial charge in [0, 0.05) is 31.0 Å². The van der Waals surface area contributed by atoms with Crippen LogP contribution in [0.4, 0.5) is 0 Å². The van der Waals surface area contributed by atoms with E-state index in [-0.39, 0.29) is 11.9 Å². The van der Waals surface area contributed by atoms with Gasteiger partial charge < -0.3 is 5.32 Å². The first-order valence-electron chi connectivity index (χ1n) is 14.0. The van der Waals surface area contributed by atoms with Gasteiger partial charge in [-0.2, -0.15) is 0 Å². The molecule has 1 atom stereocenters. The van der Waals surface area contributed by atoms with Gasteiger partial charge in [0.2, 0.25) is 5.91 Å². The van der Waals surface area contributed by atoms with Crippen LogP contribution in [0.1, 0.15) is 109 Å². The zero-order valence-electron chi connectivity index (χ0n) is 21.7. The molecule has 1 aromatic carbocycles. The average molecular weight is 466 g/mol. The van der Waals surface area contributed by atoms with E-state index in [0.717, 1.165) is 19.4 Å². The molecule has 0 spiro atoms. The molecule has 0 aliphatic heterocycles. The van der Waals surface area contributed by atoms with Gasteiger partial charge in [0.05, 0.1) is 0 Å². The van der Waals surface area contributed by atoms with Crippen LogP contribution < -0.4 is 9.88 Å². The Morgan fingerprint density at radius 3 is 1.71 bits per heavy atom. The maximum Gasteiger partial charge on any atom is 0.220 e. The van der Waals surface area contributed by atoms with Crippen molar-refractivity contribution in [1.29, 1.82) is 0 Å². The number of carbonyl (C=O) groups is 1. The van der Waals surface area contributed by atoms with E-state index in [1.165, 1.54) is 89.0 Å². The quantitative estimate of drug-likeness (QED) is 0.159. The van der Waals surface area contributed by atoms with Crippen LogP contribution in [0, 0.1) is 0 Å². The molecule has 0 saturated heterocycles. The van der Waals surface area contributed by atoms with Gasteiger partial charge in [-0.15, -0.1) is 0 Å². The minimum Gasteiger partial charge on any atom is -0.353 e. The first kappa shape index (κ1) is 28.1. The molecule has 1 aromatic heterocycles. The third kappa shape index (κ3) is 14.9. The molecule has 0 aliphatic rings. The molecule has 0 radical (unpaired) electrons. The van der Waals surface area contributed by atoms with Crippen LogP contribution in [0.15, 0.2) is 60.9 Å². The minimum atomic E-state index is 0.202. The van der Waals surface area contributed by atoms with Crippen LogP contribution >= 0.6 is 0 Å². The van der Waals surface area contributed by atoms with Crippen molar-refractivity contribution < 1.29 is 9.36 Å². The van der Waals surface area contributed by atoms with Gasteiger partial charge >= 0.3 is 0 Å². The van der Waals surface area contributed by atoms with Gasteiger partial charge in [-0.1, -0.05) is 107 Å². The molecule has 0 saturated carbocycles. The topological polar surface area (TPSA) is 33.0 Å². The summed E-state index contributed by atoms with van der Waals surface area (Å²) in [5, 5.41) is 3.14. The molecule has 2 rings (SSSR count). The SMILES string of the molecule is CC(Cc1ccccc1)NC(=O)CCCCCCCCCCCCCCCC[n+]1ccccc1. The number of unbranched alkanes of at least 4 members (excludes halogenated alkanes) is 13. The lowest BCUT2D eigenvalue weighted by Crippen LogP contribution is -2.33. The van der Waals surface area contributed by atoms with Crippen molar-refractivity contribution in [3.63, 3.8) is 0 Å². The van der Waals surface area contributed by atoms with E-state index in [1.807, 2.05) is 6.07 Å². The molecule has 3 heteroatoms. The first-order valence-corrected chi connectivity index (χ1v) is 14.0. The fourth-order valence-corrected chi connectivity index (χ4v) is 4.65. The van der Waals surface area contributed by atoms with E-state index in [2.05, 4.69) is 71.7 Å². The molecule has 2 aromatic rings. The second-order valence-electron chi connectivity index (χ2n) is 9.97. The van der Waals surface area contributed by atoms with Crippen LogP contribution in [0.25, 0.3) is 0 Å². The van der Waals surface area contributed by atoms with Gasteiger partial charge in [0.1, 0.15) is 6.54 Å². The smallest absolute Gasteiger partial charge is 0.220 e. The highest BCUT2D eigenvalue weighted by molar-refractivity contribution is 5.76. The highest BCUT2D eigenvalue weighted by Crippen LogP contribution is 2.13. The number of carbonyl (C=O) groups excluding carboxylic acids is 1. The second-order valence-corrected chi connectivity index (χ2v) is 9.97. The Labute approximate surface area is 209 Å². The molecule has 3 nitrogen and oxygen atoms in total. The lowest BCUT2D eigenvalue weighted by Gasteiger charge is -2.14. The van der Waals surface area contributed by atoms with Crippen LogP contribution in [0.3, 0.4) is 0 Å². The van der Waals surface area contributed by atoms with E-state index in [4.69, 9.17) is 0 Å². The zero-order chi connectivity index (χ0) is 24.1. The second kappa shape index (κ2) is 19.2. The summed E-state index contributed by atoms with van der Waals surface area (Å²) in [6, 6.07) is 16.9. The molecule has 0 bridgehead atoms. The van der Waals surface area contributed by atoms with Crippen LogP contribution in [-0.2, 0) is 17.8 Å². The molecule has 1 amide bonds. The van der Waals surface area contributed by atoms with Crippen molar-refractivity contribution in [3.05, 3.63) is 66.5 Å². The van der Waals surface area contributed by atoms with Crippen molar-refractivity contribution in [2.75, 3.05) is 0 Å². The number of rotatable bonds is 20.